The van der Waals surface area contributed by atoms with Crippen LogP contribution in [0.1, 0.15) is 29.8 Å². The van der Waals surface area contributed by atoms with Gasteiger partial charge in [-0.1, -0.05) is 30.7 Å². The minimum absolute atomic E-state index is 0.0172. The number of nitrogens with one attached hydrogen (secondary N) is 1. The molecule has 1 unspecified atom stereocenters. The first kappa shape index (κ1) is 14.4. The van der Waals surface area contributed by atoms with E-state index in [-0.39, 0.29) is 16.9 Å². The predicted molar refractivity (Wildman–Crippen MR) is 78.3 cm³/mol. The van der Waals surface area contributed by atoms with Crippen LogP contribution in [0.15, 0.2) is 29.9 Å². The normalized spacial score (nSPS) is 12.6. The molecule has 1 aromatic carbocycles. The van der Waals surface area contributed by atoms with Crippen molar-refractivity contribution in [1.29, 1.82) is 0 Å². The summed E-state index contributed by atoms with van der Waals surface area (Å²) < 4.78 is 13.6. The second-order valence-corrected chi connectivity index (χ2v) is 5.67. The molecule has 0 saturated carbocycles. The zero-order chi connectivity index (χ0) is 13.7. The van der Waals surface area contributed by atoms with Gasteiger partial charge in [0, 0.05) is 23.5 Å². The van der Waals surface area contributed by atoms with Gasteiger partial charge >= 0.3 is 0 Å². The maximum Gasteiger partial charge on any atom is 0.142 e. The van der Waals surface area contributed by atoms with E-state index in [2.05, 4.69) is 17.2 Å². The molecule has 0 aliphatic heterocycles. The molecule has 19 heavy (non-hydrogen) atoms. The van der Waals surface area contributed by atoms with Crippen LogP contribution in [0.25, 0.3) is 0 Å². The quantitative estimate of drug-likeness (QED) is 0.864. The van der Waals surface area contributed by atoms with Gasteiger partial charge in [0.2, 0.25) is 0 Å². The Kier molecular flexibility index (Phi) is 5.31. The summed E-state index contributed by atoms with van der Waals surface area (Å²) in [6.07, 6.45) is 3.64. The zero-order valence-electron chi connectivity index (χ0n) is 10.7. The molecule has 0 fully saturated rings. The third-order valence-electron chi connectivity index (χ3n) is 2.89. The van der Waals surface area contributed by atoms with Crippen molar-refractivity contribution in [3.05, 3.63) is 51.2 Å². The number of aromatic nitrogens is 1. The van der Waals surface area contributed by atoms with E-state index >= 15 is 0 Å². The van der Waals surface area contributed by atoms with E-state index in [4.69, 9.17) is 11.6 Å². The Morgan fingerprint density at radius 2 is 2.32 bits per heavy atom. The number of nitrogens with zero attached hydrogens (tertiary/aromatic N) is 1. The molecule has 0 aliphatic carbocycles. The number of hydrogen-bond acceptors (Lipinski definition) is 3. The van der Waals surface area contributed by atoms with Crippen LogP contribution in [0, 0.1) is 5.82 Å². The summed E-state index contributed by atoms with van der Waals surface area (Å²) >= 11 is 7.68. The fraction of sp³-hybridized carbons (Fsp3) is 0.357. The summed E-state index contributed by atoms with van der Waals surface area (Å²) in [5.41, 5.74) is 2.61. The molecular formula is C14H16ClFN2S. The largest absolute Gasteiger partial charge is 0.310 e. The minimum atomic E-state index is -0.369. The number of halogens is 2. The van der Waals surface area contributed by atoms with E-state index in [1.165, 1.54) is 6.07 Å². The van der Waals surface area contributed by atoms with Gasteiger partial charge in [0.25, 0.3) is 0 Å². The molecule has 2 rings (SSSR count). The lowest BCUT2D eigenvalue weighted by atomic mass is 10.0. The summed E-state index contributed by atoms with van der Waals surface area (Å²) in [5.74, 6) is -0.369. The van der Waals surface area contributed by atoms with Crippen LogP contribution in [-0.2, 0) is 6.42 Å². The Hall–Kier alpha value is -0.970. The van der Waals surface area contributed by atoms with Crippen LogP contribution in [0.4, 0.5) is 4.39 Å². The Morgan fingerprint density at radius 1 is 1.47 bits per heavy atom. The summed E-state index contributed by atoms with van der Waals surface area (Å²) in [7, 11) is 0. The van der Waals surface area contributed by atoms with Gasteiger partial charge in [0.15, 0.2) is 0 Å². The van der Waals surface area contributed by atoms with Crippen LogP contribution in [-0.4, -0.2) is 11.5 Å². The molecule has 1 N–H and O–H groups in total. The van der Waals surface area contributed by atoms with Gasteiger partial charge in [-0.05, 0) is 24.6 Å². The standard InChI is InChI=1S/C14H16ClFN2S/c1-2-6-18-13(7-10-8-17-9-19-10)11-4-3-5-12(16)14(11)15/h3-5,8-9,13,18H,2,6-7H2,1H3. The van der Waals surface area contributed by atoms with Crippen LogP contribution in [0.2, 0.25) is 5.02 Å². The highest BCUT2D eigenvalue weighted by atomic mass is 35.5. The number of benzene rings is 1. The number of hydrogen-bond donors (Lipinski definition) is 1. The lowest BCUT2D eigenvalue weighted by Gasteiger charge is -2.19. The van der Waals surface area contributed by atoms with Crippen molar-refractivity contribution in [3.63, 3.8) is 0 Å². The first-order chi connectivity index (χ1) is 9.22. The topological polar surface area (TPSA) is 24.9 Å². The predicted octanol–water partition coefficient (Wildman–Crippen LogP) is 4.22. The SMILES string of the molecule is CCCNC(Cc1cncs1)c1cccc(F)c1Cl. The Bertz CT molecular complexity index is 516. The molecule has 1 aromatic heterocycles. The summed E-state index contributed by atoms with van der Waals surface area (Å²) in [6, 6.07) is 4.97. The van der Waals surface area contributed by atoms with Crippen molar-refractivity contribution in [2.24, 2.45) is 0 Å². The van der Waals surface area contributed by atoms with Crippen LogP contribution in [0.3, 0.4) is 0 Å². The van der Waals surface area contributed by atoms with Crippen LogP contribution < -0.4 is 5.32 Å². The lowest BCUT2D eigenvalue weighted by molar-refractivity contribution is 0.527. The van der Waals surface area contributed by atoms with E-state index < -0.39 is 0 Å². The molecular weight excluding hydrogens is 283 g/mol. The number of rotatable bonds is 6. The second-order valence-electron chi connectivity index (χ2n) is 4.32. The maximum absolute atomic E-state index is 13.6. The van der Waals surface area contributed by atoms with Gasteiger partial charge in [0.1, 0.15) is 5.82 Å². The second kappa shape index (κ2) is 6.98. The van der Waals surface area contributed by atoms with Crippen molar-refractivity contribution in [2.75, 3.05) is 6.54 Å². The molecule has 0 spiro atoms. The van der Waals surface area contributed by atoms with Crippen molar-refractivity contribution in [2.45, 2.75) is 25.8 Å². The molecule has 0 saturated heterocycles. The Labute approximate surface area is 121 Å². The van der Waals surface area contributed by atoms with E-state index in [1.54, 1.807) is 22.9 Å². The molecule has 2 nitrogen and oxygen atoms in total. The van der Waals surface area contributed by atoms with Gasteiger partial charge in [-0.25, -0.2) is 4.39 Å². The molecule has 1 heterocycles. The van der Waals surface area contributed by atoms with E-state index in [9.17, 15) is 4.39 Å². The fourth-order valence-corrected chi connectivity index (χ4v) is 2.84. The maximum atomic E-state index is 13.6. The average molecular weight is 299 g/mol. The monoisotopic (exact) mass is 298 g/mol. The Balaban J connectivity index is 2.23. The van der Waals surface area contributed by atoms with Crippen LogP contribution >= 0.6 is 22.9 Å². The minimum Gasteiger partial charge on any atom is -0.310 e. The third-order valence-corrected chi connectivity index (χ3v) is 4.09. The Morgan fingerprint density at radius 3 is 3.00 bits per heavy atom. The van der Waals surface area contributed by atoms with Gasteiger partial charge in [-0.2, -0.15) is 0 Å². The number of thiazole rings is 1. The van der Waals surface area contributed by atoms with Gasteiger partial charge in [-0.3, -0.25) is 4.98 Å². The van der Waals surface area contributed by atoms with Crippen molar-refractivity contribution >= 4 is 22.9 Å². The van der Waals surface area contributed by atoms with Crippen LogP contribution in [0.5, 0.6) is 0 Å². The lowest BCUT2D eigenvalue weighted by Crippen LogP contribution is -2.24. The highest BCUT2D eigenvalue weighted by Crippen LogP contribution is 2.28. The fourth-order valence-electron chi connectivity index (χ4n) is 1.94. The molecule has 0 aliphatic rings. The molecule has 0 radical (unpaired) electrons. The zero-order valence-corrected chi connectivity index (χ0v) is 12.3. The highest BCUT2D eigenvalue weighted by Gasteiger charge is 2.17. The van der Waals surface area contributed by atoms with E-state index in [0.29, 0.717) is 0 Å². The average Bonchev–Trinajstić information content (AvgIpc) is 2.91. The molecule has 0 amide bonds. The summed E-state index contributed by atoms with van der Waals surface area (Å²) in [4.78, 5) is 5.23. The van der Waals surface area contributed by atoms with Crippen molar-refractivity contribution in [3.8, 4) is 0 Å². The third kappa shape index (κ3) is 3.75. The molecule has 1 atom stereocenters. The molecule has 0 bridgehead atoms. The van der Waals surface area contributed by atoms with Gasteiger partial charge in [-0.15, -0.1) is 11.3 Å². The molecule has 5 heteroatoms. The first-order valence-electron chi connectivity index (χ1n) is 6.27. The van der Waals surface area contributed by atoms with Gasteiger partial charge < -0.3 is 5.32 Å². The smallest absolute Gasteiger partial charge is 0.142 e. The summed E-state index contributed by atoms with van der Waals surface area (Å²) in [5, 5.41) is 3.63. The van der Waals surface area contributed by atoms with Crippen molar-refractivity contribution < 1.29 is 4.39 Å². The highest BCUT2D eigenvalue weighted by molar-refractivity contribution is 7.09. The van der Waals surface area contributed by atoms with E-state index in [0.717, 1.165) is 29.8 Å². The molecule has 102 valence electrons. The first-order valence-corrected chi connectivity index (χ1v) is 7.52. The van der Waals surface area contributed by atoms with E-state index in [1.807, 2.05) is 12.3 Å². The molecule has 2 aromatic rings. The van der Waals surface area contributed by atoms with Gasteiger partial charge in [0.05, 0.1) is 10.5 Å². The summed E-state index contributed by atoms with van der Waals surface area (Å²) in [6.45, 7) is 2.97. The van der Waals surface area contributed by atoms with Crippen molar-refractivity contribution in [1.82, 2.24) is 10.3 Å².